The number of nitrogens with two attached hydrogens (primary N) is 1. The molecule has 0 saturated carbocycles. The van der Waals surface area contributed by atoms with Crippen molar-refractivity contribution < 1.29 is 8.42 Å². The second-order valence-electron chi connectivity index (χ2n) is 5.80. The number of pyridine rings is 1. The highest BCUT2D eigenvalue weighted by atomic mass is 35.5. The van der Waals surface area contributed by atoms with E-state index in [1.807, 2.05) is 6.07 Å². The first-order valence-electron chi connectivity index (χ1n) is 7.66. The Morgan fingerprint density at radius 3 is 2.91 bits per heavy atom. The van der Waals surface area contributed by atoms with Crippen molar-refractivity contribution in [1.29, 1.82) is 0 Å². The molecule has 0 radical (unpaired) electrons. The summed E-state index contributed by atoms with van der Waals surface area (Å²) in [4.78, 5) is 4.44. The van der Waals surface area contributed by atoms with Crippen LogP contribution in [0.3, 0.4) is 0 Å². The van der Waals surface area contributed by atoms with Gasteiger partial charge in [0.05, 0.1) is 4.90 Å². The van der Waals surface area contributed by atoms with Crippen LogP contribution in [-0.2, 0) is 10.0 Å². The first-order chi connectivity index (χ1) is 10.6. The average Bonchev–Trinajstić information content (AvgIpc) is 2.55. The SMILES string of the molecule is Cl.NCCC1CCCN(S(=O)(=O)c2cccc3cnccc23)C1. The quantitative estimate of drug-likeness (QED) is 0.913. The first kappa shape index (κ1) is 18.1. The van der Waals surface area contributed by atoms with E-state index in [9.17, 15) is 8.42 Å². The summed E-state index contributed by atoms with van der Waals surface area (Å²) in [6.07, 6.45) is 6.17. The Kier molecular flexibility index (Phi) is 5.97. The van der Waals surface area contributed by atoms with Gasteiger partial charge in [0.25, 0.3) is 0 Å². The summed E-state index contributed by atoms with van der Waals surface area (Å²) in [5.74, 6) is 0.366. The van der Waals surface area contributed by atoms with Gasteiger partial charge in [-0.25, -0.2) is 8.42 Å². The third-order valence-corrected chi connectivity index (χ3v) is 6.24. The van der Waals surface area contributed by atoms with Crippen molar-refractivity contribution in [3.63, 3.8) is 0 Å². The van der Waals surface area contributed by atoms with Gasteiger partial charge in [-0.05, 0) is 43.9 Å². The molecule has 1 aliphatic rings. The Morgan fingerprint density at radius 2 is 2.13 bits per heavy atom. The fourth-order valence-electron chi connectivity index (χ4n) is 3.17. The fraction of sp³-hybridized carbons (Fsp3) is 0.438. The molecule has 23 heavy (non-hydrogen) atoms. The van der Waals surface area contributed by atoms with Crippen molar-refractivity contribution in [2.24, 2.45) is 11.7 Å². The zero-order valence-electron chi connectivity index (χ0n) is 12.9. The highest BCUT2D eigenvalue weighted by molar-refractivity contribution is 7.89. The average molecular weight is 356 g/mol. The second kappa shape index (κ2) is 7.57. The lowest BCUT2D eigenvalue weighted by atomic mass is 9.96. The lowest BCUT2D eigenvalue weighted by Crippen LogP contribution is -2.40. The van der Waals surface area contributed by atoms with Gasteiger partial charge < -0.3 is 5.73 Å². The van der Waals surface area contributed by atoms with Gasteiger partial charge in [-0.2, -0.15) is 4.31 Å². The van der Waals surface area contributed by atoms with E-state index >= 15 is 0 Å². The topological polar surface area (TPSA) is 76.3 Å². The molecule has 126 valence electrons. The van der Waals surface area contributed by atoms with Gasteiger partial charge in [0.1, 0.15) is 0 Å². The molecule has 5 nitrogen and oxygen atoms in total. The maximum absolute atomic E-state index is 13.0. The molecular formula is C16H22ClN3O2S. The van der Waals surface area contributed by atoms with Gasteiger partial charge in [-0.3, -0.25) is 4.98 Å². The molecule has 1 unspecified atom stereocenters. The van der Waals surface area contributed by atoms with Crippen LogP contribution in [0.1, 0.15) is 19.3 Å². The van der Waals surface area contributed by atoms with Crippen LogP contribution in [0.15, 0.2) is 41.6 Å². The van der Waals surface area contributed by atoms with Crippen LogP contribution in [0.4, 0.5) is 0 Å². The molecule has 1 aromatic carbocycles. The predicted molar refractivity (Wildman–Crippen MR) is 94.1 cm³/mol. The summed E-state index contributed by atoms with van der Waals surface area (Å²) in [6, 6.07) is 7.11. The number of hydrogen-bond donors (Lipinski definition) is 1. The number of sulfonamides is 1. The van der Waals surface area contributed by atoms with E-state index in [0.29, 0.717) is 30.4 Å². The number of rotatable bonds is 4. The molecule has 1 saturated heterocycles. The zero-order chi connectivity index (χ0) is 15.6. The summed E-state index contributed by atoms with van der Waals surface area (Å²) in [7, 11) is -3.48. The number of nitrogens with zero attached hydrogens (tertiary/aromatic N) is 2. The monoisotopic (exact) mass is 355 g/mol. The van der Waals surface area contributed by atoms with E-state index in [1.165, 1.54) is 0 Å². The number of piperidine rings is 1. The molecule has 3 rings (SSSR count). The molecule has 7 heteroatoms. The van der Waals surface area contributed by atoms with Gasteiger partial charge in [0, 0.05) is 36.3 Å². The number of hydrogen-bond acceptors (Lipinski definition) is 4. The maximum atomic E-state index is 13.0. The van der Waals surface area contributed by atoms with Crippen molar-refractivity contribution in [2.45, 2.75) is 24.2 Å². The summed E-state index contributed by atoms with van der Waals surface area (Å²) in [6.45, 7) is 1.77. The molecule has 0 aliphatic carbocycles. The highest BCUT2D eigenvalue weighted by Gasteiger charge is 2.30. The van der Waals surface area contributed by atoms with E-state index < -0.39 is 10.0 Å². The van der Waals surface area contributed by atoms with Gasteiger partial charge in [0.15, 0.2) is 0 Å². The minimum absolute atomic E-state index is 0. The fourth-order valence-corrected chi connectivity index (χ4v) is 4.94. The minimum atomic E-state index is -3.48. The summed E-state index contributed by atoms with van der Waals surface area (Å²) in [5.41, 5.74) is 5.62. The van der Waals surface area contributed by atoms with Crippen molar-refractivity contribution >= 4 is 33.2 Å². The second-order valence-corrected chi connectivity index (χ2v) is 7.71. The molecule has 0 bridgehead atoms. The van der Waals surface area contributed by atoms with E-state index in [4.69, 9.17) is 5.73 Å². The largest absolute Gasteiger partial charge is 0.330 e. The van der Waals surface area contributed by atoms with Crippen LogP contribution in [0, 0.1) is 5.92 Å². The summed E-state index contributed by atoms with van der Waals surface area (Å²) >= 11 is 0. The molecule has 0 spiro atoms. The van der Waals surface area contributed by atoms with Crippen LogP contribution in [0.5, 0.6) is 0 Å². The smallest absolute Gasteiger partial charge is 0.243 e. The lowest BCUT2D eigenvalue weighted by molar-refractivity contribution is 0.258. The molecule has 1 aliphatic heterocycles. The maximum Gasteiger partial charge on any atom is 0.243 e. The molecule has 2 heterocycles. The van der Waals surface area contributed by atoms with E-state index in [2.05, 4.69) is 4.98 Å². The van der Waals surface area contributed by atoms with Crippen molar-refractivity contribution in [1.82, 2.24) is 9.29 Å². The Hall–Kier alpha value is -1.21. The van der Waals surface area contributed by atoms with Crippen LogP contribution < -0.4 is 5.73 Å². The Morgan fingerprint density at radius 1 is 1.30 bits per heavy atom. The van der Waals surface area contributed by atoms with Crippen molar-refractivity contribution in [3.8, 4) is 0 Å². The Balaban J connectivity index is 0.00000192. The number of aromatic nitrogens is 1. The van der Waals surface area contributed by atoms with Gasteiger partial charge in [-0.1, -0.05) is 12.1 Å². The molecule has 0 amide bonds. The predicted octanol–water partition coefficient (Wildman–Crippen LogP) is 2.41. The Labute approximate surface area is 143 Å². The van der Waals surface area contributed by atoms with Crippen LogP contribution in [0.25, 0.3) is 10.8 Å². The van der Waals surface area contributed by atoms with Crippen molar-refractivity contribution in [2.75, 3.05) is 19.6 Å². The van der Waals surface area contributed by atoms with Gasteiger partial charge in [-0.15, -0.1) is 12.4 Å². The number of halogens is 1. The van der Waals surface area contributed by atoms with Gasteiger partial charge >= 0.3 is 0 Å². The molecule has 1 fully saturated rings. The molecule has 1 atom stereocenters. The van der Waals surface area contributed by atoms with Crippen LogP contribution >= 0.6 is 12.4 Å². The molecule has 2 aromatic rings. The molecular weight excluding hydrogens is 334 g/mol. The number of fused-ring (bicyclic) bond motifs is 1. The highest BCUT2D eigenvalue weighted by Crippen LogP contribution is 2.29. The van der Waals surface area contributed by atoms with Gasteiger partial charge in [0.2, 0.25) is 10.0 Å². The third-order valence-electron chi connectivity index (χ3n) is 4.32. The van der Waals surface area contributed by atoms with E-state index in [-0.39, 0.29) is 12.4 Å². The van der Waals surface area contributed by atoms with E-state index in [1.54, 1.807) is 34.9 Å². The number of benzene rings is 1. The minimum Gasteiger partial charge on any atom is -0.330 e. The molecule has 2 N–H and O–H groups in total. The van der Waals surface area contributed by atoms with Crippen LogP contribution in [-0.4, -0.2) is 37.3 Å². The Bertz CT molecular complexity index is 760. The third kappa shape index (κ3) is 3.66. The standard InChI is InChI=1S/C16H21N3O2S.ClH/c17-8-6-13-3-2-10-19(12-13)22(20,21)16-5-1-4-14-11-18-9-7-15(14)16;/h1,4-5,7,9,11,13H,2-3,6,8,10,12,17H2;1H. The van der Waals surface area contributed by atoms with Crippen molar-refractivity contribution in [3.05, 3.63) is 36.7 Å². The zero-order valence-corrected chi connectivity index (χ0v) is 14.5. The summed E-state index contributed by atoms with van der Waals surface area (Å²) < 4.78 is 27.7. The normalized spacial score (nSPS) is 19.4. The van der Waals surface area contributed by atoms with E-state index in [0.717, 1.165) is 30.0 Å². The molecule has 1 aromatic heterocycles. The summed E-state index contributed by atoms with van der Waals surface area (Å²) in [5, 5.41) is 1.58. The lowest BCUT2D eigenvalue weighted by Gasteiger charge is -2.32. The first-order valence-corrected chi connectivity index (χ1v) is 9.10. The van der Waals surface area contributed by atoms with Crippen LogP contribution in [0.2, 0.25) is 0 Å².